The van der Waals surface area contributed by atoms with Crippen LogP contribution in [-0.2, 0) is 16.6 Å². The molecule has 0 bridgehead atoms. The number of anilines is 1. The van der Waals surface area contributed by atoms with Gasteiger partial charge in [0.2, 0.25) is 0 Å². The van der Waals surface area contributed by atoms with E-state index in [1.165, 1.54) is 19.2 Å². The summed E-state index contributed by atoms with van der Waals surface area (Å²) in [6.07, 6.45) is 1.44. The van der Waals surface area contributed by atoms with Gasteiger partial charge < -0.3 is 9.52 Å². The van der Waals surface area contributed by atoms with Crippen LogP contribution in [0.15, 0.2) is 33.7 Å². The number of hydrogen-bond donors (Lipinski definition) is 2. The number of nitrogens with one attached hydrogen (secondary N) is 1. The highest BCUT2D eigenvalue weighted by Gasteiger charge is 2.21. The fourth-order valence-corrected chi connectivity index (χ4v) is 2.85. The number of furan rings is 1. The minimum Gasteiger partial charge on any atom is -0.462 e. The van der Waals surface area contributed by atoms with Gasteiger partial charge >= 0.3 is 0 Å². The fourth-order valence-electron chi connectivity index (χ4n) is 1.61. The molecule has 2 aromatic rings. The normalized spacial score (nSPS) is 11.5. The number of hydrogen-bond acceptors (Lipinski definition) is 5. The van der Waals surface area contributed by atoms with Crippen LogP contribution in [0.2, 0.25) is 0 Å². The Balaban J connectivity index is 2.31. The van der Waals surface area contributed by atoms with E-state index in [4.69, 9.17) is 9.52 Å². The van der Waals surface area contributed by atoms with Gasteiger partial charge in [-0.25, -0.2) is 8.42 Å². The molecule has 2 heterocycles. The summed E-state index contributed by atoms with van der Waals surface area (Å²) >= 11 is 0. The molecule has 0 aliphatic carbocycles. The van der Waals surface area contributed by atoms with Gasteiger partial charge in [0.1, 0.15) is 23.0 Å². The number of aliphatic hydroxyl groups excluding tert-OH is 1. The molecule has 0 saturated heterocycles. The fraction of sp³-hybridized carbons (Fsp3) is 0.250. The first-order chi connectivity index (χ1) is 8.92. The van der Waals surface area contributed by atoms with Gasteiger partial charge in [0.15, 0.2) is 0 Å². The van der Waals surface area contributed by atoms with Crippen molar-refractivity contribution in [2.75, 3.05) is 4.72 Å². The van der Waals surface area contributed by atoms with Crippen LogP contribution in [0.5, 0.6) is 0 Å². The molecule has 0 fully saturated rings. The Labute approximate surface area is 111 Å². The van der Waals surface area contributed by atoms with Crippen molar-refractivity contribution in [3.05, 3.63) is 41.6 Å². The van der Waals surface area contributed by atoms with Crippen molar-refractivity contribution in [3.8, 4) is 0 Å². The Bertz CT molecular complexity index is 674. The average molecular weight is 282 g/mol. The summed E-state index contributed by atoms with van der Waals surface area (Å²) < 4.78 is 31.8. The SMILES string of the molecule is Cc1ccc(NS(=O)(=O)c2cc(CO)oc2C)cn1. The van der Waals surface area contributed by atoms with E-state index in [0.29, 0.717) is 5.69 Å². The Hall–Kier alpha value is -1.86. The number of aryl methyl sites for hydroxylation is 2. The average Bonchev–Trinajstić information content (AvgIpc) is 2.74. The summed E-state index contributed by atoms with van der Waals surface area (Å²) in [5.74, 6) is 0.441. The molecule has 0 unspecified atom stereocenters. The standard InChI is InChI=1S/C12H14N2O4S/c1-8-3-4-10(6-13-8)14-19(16,17)12-5-11(7-15)18-9(12)2/h3-6,14-15H,7H2,1-2H3. The minimum absolute atomic E-state index is 0.0112. The van der Waals surface area contributed by atoms with Gasteiger partial charge in [-0.05, 0) is 26.0 Å². The summed E-state index contributed by atoms with van der Waals surface area (Å²) in [5.41, 5.74) is 1.17. The van der Waals surface area contributed by atoms with Crippen LogP contribution in [0.1, 0.15) is 17.2 Å². The molecule has 0 amide bonds. The second-order valence-electron chi connectivity index (χ2n) is 4.09. The Morgan fingerprint density at radius 3 is 2.63 bits per heavy atom. The summed E-state index contributed by atoms with van der Waals surface area (Å²) in [5, 5.41) is 8.94. The molecule has 2 rings (SSSR count). The quantitative estimate of drug-likeness (QED) is 0.888. The lowest BCUT2D eigenvalue weighted by molar-refractivity contribution is 0.245. The van der Waals surface area contributed by atoms with Crippen molar-refractivity contribution >= 4 is 15.7 Å². The van der Waals surface area contributed by atoms with Crippen LogP contribution in [0.25, 0.3) is 0 Å². The maximum absolute atomic E-state index is 12.2. The lowest BCUT2D eigenvalue weighted by Crippen LogP contribution is -2.13. The molecule has 6 nitrogen and oxygen atoms in total. The highest BCUT2D eigenvalue weighted by Crippen LogP contribution is 2.22. The van der Waals surface area contributed by atoms with Gasteiger partial charge in [0.05, 0.1) is 11.9 Å². The van der Waals surface area contributed by atoms with Gasteiger partial charge in [-0.2, -0.15) is 0 Å². The van der Waals surface area contributed by atoms with E-state index in [1.54, 1.807) is 12.1 Å². The van der Waals surface area contributed by atoms with Gasteiger partial charge in [-0.1, -0.05) is 0 Å². The van der Waals surface area contributed by atoms with Crippen molar-refractivity contribution in [2.45, 2.75) is 25.3 Å². The minimum atomic E-state index is -3.74. The van der Waals surface area contributed by atoms with Crippen molar-refractivity contribution in [3.63, 3.8) is 0 Å². The molecule has 7 heteroatoms. The first-order valence-electron chi connectivity index (χ1n) is 5.58. The Kier molecular flexibility index (Phi) is 3.59. The number of aliphatic hydroxyl groups is 1. The number of rotatable bonds is 4. The van der Waals surface area contributed by atoms with Gasteiger partial charge in [-0.15, -0.1) is 0 Å². The molecule has 19 heavy (non-hydrogen) atoms. The van der Waals surface area contributed by atoms with Crippen LogP contribution in [0.4, 0.5) is 5.69 Å². The third-order valence-corrected chi connectivity index (χ3v) is 4.02. The molecule has 0 aliphatic rings. The summed E-state index contributed by atoms with van der Waals surface area (Å²) in [4.78, 5) is 4.02. The molecule has 0 radical (unpaired) electrons. The molecule has 0 aromatic carbocycles. The molecule has 2 N–H and O–H groups in total. The second-order valence-corrected chi connectivity index (χ2v) is 5.74. The first-order valence-corrected chi connectivity index (χ1v) is 7.06. The van der Waals surface area contributed by atoms with Crippen molar-refractivity contribution in [1.29, 1.82) is 0 Å². The predicted octanol–water partition coefficient (Wildman–Crippen LogP) is 1.58. The van der Waals surface area contributed by atoms with Crippen LogP contribution in [0, 0.1) is 13.8 Å². The van der Waals surface area contributed by atoms with Crippen molar-refractivity contribution in [1.82, 2.24) is 4.98 Å². The van der Waals surface area contributed by atoms with E-state index in [2.05, 4.69) is 9.71 Å². The number of pyridine rings is 1. The van der Waals surface area contributed by atoms with Crippen LogP contribution >= 0.6 is 0 Å². The lowest BCUT2D eigenvalue weighted by atomic mass is 10.4. The van der Waals surface area contributed by atoms with E-state index in [0.717, 1.165) is 5.69 Å². The summed E-state index contributed by atoms with van der Waals surface area (Å²) in [6, 6.07) is 4.64. The second kappa shape index (κ2) is 5.02. The summed E-state index contributed by atoms with van der Waals surface area (Å²) in [7, 11) is -3.74. The molecule has 102 valence electrons. The molecule has 0 atom stereocenters. The zero-order valence-corrected chi connectivity index (χ0v) is 11.4. The van der Waals surface area contributed by atoms with Crippen molar-refractivity contribution in [2.24, 2.45) is 0 Å². The van der Waals surface area contributed by atoms with Crippen LogP contribution in [-0.4, -0.2) is 18.5 Å². The van der Waals surface area contributed by atoms with Gasteiger partial charge in [0, 0.05) is 11.8 Å². The van der Waals surface area contributed by atoms with Crippen LogP contribution < -0.4 is 4.72 Å². The number of sulfonamides is 1. The smallest absolute Gasteiger partial charge is 0.265 e. The summed E-state index contributed by atoms with van der Waals surface area (Å²) in [6.45, 7) is 3.00. The maximum Gasteiger partial charge on any atom is 0.265 e. The Morgan fingerprint density at radius 1 is 1.37 bits per heavy atom. The first kappa shape index (κ1) is 13.6. The molecular formula is C12H14N2O4S. The van der Waals surface area contributed by atoms with Crippen molar-refractivity contribution < 1.29 is 17.9 Å². The highest BCUT2D eigenvalue weighted by atomic mass is 32.2. The van der Waals surface area contributed by atoms with E-state index >= 15 is 0 Å². The molecule has 2 aromatic heterocycles. The third kappa shape index (κ3) is 2.94. The number of aromatic nitrogens is 1. The van der Waals surface area contributed by atoms with Gasteiger partial charge in [-0.3, -0.25) is 9.71 Å². The lowest BCUT2D eigenvalue weighted by Gasteiger charge is -2.06. The topological polar surface area (TPSA) is 92.4 Å². The predicted molar refractivity (Wildman–Crippen MR) is 69.2 cm³/mol. The molecule has 0 aliphatic heterocycles. The zero-order chi connectivity index (χ0) is 14.0. The zero-order valence-electron chi connectivity index (χ0n) is 10.5. The molecule has 0 saturated carbocycles. The van der Waals surface area contributed by atoms with Gasteiger partial charge in [0.25, 0.3) is 10.0 Å². The van der Waals surface area contributed by atoms with E-state index in [9.17, 15) is 8.42 Å². The highest BCUT2D eigenvalue weighted by molar-refractivity contribution is 7.92. The largest absolute Gasteiger partial charge is 0.462 e. The maximum atomic E-state index is 12.2. The third-order valence-electron chi connectivity index (χ3n) is 2.53. The van der Waals surface area contributed by atoms with E-state index in [1.807, 2.05) is 6.92 Å². The Morgan fingerprint density at radius 2 is 2.11 bits per heavy atom. The number of nitrogens with zero attached hydrogens (tertiary/aromatic N) is 1. The van der Waals surface area contributed by atoms with E-state index < -0.39 is 10.0 Å². The van der Waals surface area contributed by atoms with Crippen LogP contribution in [0.3, 0.4) is 0 Å². The molecule has 0 spiro atoms. The monoisotopic (exact) mass is 282 g/mol. The molecular weight excluding hydrogens is 268 g/mol. The van der Waals surface area contributed by atoms with E-state index in [-0.39, 0.29) is 23.0 Å².